The number of carbonyl (C=O) groups excluding carboxylic acids is 1. The van der Waals surface area contributed by atoms with Gasteiger partial charge in [0, 0.05) is 56.2 Å². The van der Waals surface area contributed by atoms with E-state index in [0.717, 1.165) is 17.0 Å². The minimum absolute atomic E-state index is 0.0700. The first kappa shape index (κ1) is 19.1. The first-order valence-corrected chi connectivity index (χ1v) is 8.86. The van der Waals surface area contributed by atoms with Crippen LogP contribution < -0.4 is 10.6 Å². The highest BCUT2D eigenvalue weighted by molar-refractivity contribution is 9.10. The Bertz CT molecular complexity index is 726. The van der Waals surface area contributed by atoms with Gasteiger partial charge in [0.2, 0.25) is 0 Å². The van der Waals surface area contributed by atoms with E-state index in [1.807, 2.05) is 43.4 Å². The topological polar surface area (TPSA) is 61.7 Å². The summed E-state index contributed by atoms with van der Waals surface area (Å²) < 4.78 is 3.14. The standard InChI is InChI=1S/C18H24BrN5O/c1-20-18(24(3)13-16-11-15(19)12-23(16)2)22-10-9-21-17(25)14-7-5-4-6-8-14/h4-8,11-12H,9-10,13H2,1-3H3,(H,20,22)(H,21,25). The van der Waals surface area contributed by atoms with E-state index in [9.17, 15) is 4.79 Å². The number of rotatable bonds is 6. The van der Waals surface area contributed by atoms with E-state index in [1.165, 1.54) is 5.69 Å². The maximum atomic E-state index is 12.0. The van der Waals surface area contributed by atoms with Gasteiger partial charge in [0.15, 0.2) is 5.96 Å². The Balaban J connectivity index is 1.78. The third kappa shape index (κ3) is 5.63. The SMILES string of the molecule is CN=C(NCCNC(=O)c1ccccc1)N(C)Cc1cc(Br)cn1C. The van der Waals surface area contributed by atoms with Crippen LogP contribution in [0.3, 0.4) is 0 Å². The molecule has 0 aliphatic heterocycles. The van der Waals surface area contributed by atoms with Crippen LogP contribution in [0.5, 0.6) is 0 Å². The van der Waals surface area contributed by atoms with E-state index >= 15 is 0 Å². The van der Waals surface area contributed by atoms with Gasteiger partial charge in [-0.2, -0.15) is 0 Å². The van der Waals surface area contributed by atoms with Crippen LogP contribution in [0, 0.1) is 0 Å². The number of guanidine groups is 1. The smallest absolute Gasteiger partial charge is 0.251 e. The van der Waals surface area contributed by atoms with Crippen molar-refractivity contribution in [2.75, 3.05) is 27.2 Å². The van der Waals surface area contributed by atoms with Gasteiger partial charge < -0.3 is 20.1 Å². The predicted octanol–water partition coefficient (Wildman–Crippen LogP) is 2.22. The van der Waals surface area contributed by atoms with Gasteiger partial charge in [-0.15, -0.1) is 0 Å². The molecule has 0 saturated heterocycles. The fourth-order valence-corrected chi connectivity index (χ4v) is 3.04. The van der Waals surface area contributed by atoms with Crippen molar-refractivity contribution in [3.63, 3.8) is 0 Å². The highest BCUT2D eigenvalue weighted by atomic mass is 79.9. The molecule has 0 aliphatic carbocycles. The first-order valence-electron chi connectivity index (χ1n) is 8.07. The number of benzene rings is 1. The Morgan fingerprint density at radius 3 is 2.52 bits per heavy atom. The second-order valence-electron chi connectivity index (χ2n) is 5.71. The quantitative estimate of drug-likeness (QED) is 0.440. The molecule has 0 atom stereocenters. The molecule has 0 unspecified atom stereocenters. The summed E-state index contributed by atoms with van der Waals surface area (Å²) in [5.41, 5.74) is 1.84. The second kappa shape index (κ2) is 9.27. The van der Waals surface area contributed by atoms with Crippen LogP contribution in [0.25, 0.3) is 0 Å². The minimum atomic E-state index is -0.0700. The number of nitrogens with zero attached hydrogens (tertiary/aromatic N) is 3. The zero-order valence-electron chi connectivity index (χ0n) is 14.8. The van der Waals surface area contributed by atoms with Gasteiger partial charge in [0.25, 0.3) is 5.91 Å². The summed E-state index contributed by atoms with van der Waals surface area (Å²) in [5.74, 6) is 0.714. The first-order chi connectivity index (χ1) is 12.0. The number of amides is 1. The number of halogens is 1. The van der Waals surface area contributed by atoms with Gasteiger partial charge >= 0.3 is 0 Å². The van der Waals surface area contributed by atoms with Gasteiger partial charge in [-0.05, 0) is 34.1 Å². The summed E-state index contributed by atoms with van der Waals surface area (Å²) in [5, 5.41) is 6.16. The maximum Gasteiger partial charge on any atom is 0.251 e. The van der Waals surface area contributed by atoms with Gasteiger partial charge in [-0.3, -0.25) is 9.79 Å². The van der Waals surface area contributed by atoms with Crippen LogP contribution in [0.2, 0.25) is 0 Å². The van der Waals surface area contributed by atoms with Crippen molar-refractivity contribution >= 4 is 27.8 Å². The Kier molecular flexibility index (Phi) is 7.06. The van der Waals surface area contributed by atoms with Crippen LogP contribution in [-0.4, -0.2) is 48.5 Å². The van der Waals surface area contributed by atoms with E-state index in [4.69, 9.17) is 0 Å². The van der Waals surface area contributed by atoms with Crippen LogP contribution in [0.15, 0.2) is 52.1 Å². The highest BCUT2D eigenvalue weighted by Crippen LogP contribution is 2.14. The van der Waals surface area contributed by atoms with E-state index in [2.05, 4.69) is 42.2 Å². The molecule has 0 spiro atoms. The van der Waals surface area contributed by atoms with Crippen molar-refractivity contribution in [3.8, 4) is 0 Å². The average molecular weight is 406 g/mol. The highest BCUT2D eigenvalue weighted by Gasteiger charge is 2.09. The van der Waals surface area contributed by atoms with Gasteiger partial charge in [0.1, 0.15) is 0 Å². The molecule has 1 heterocycles. The lowest BCUT2D eigenvalue weighted by atomic mass is 10.2. The Hall–Kier alpha value is -2.28. The second-order valence-corrected chi connectivity index (χ2v) is 6.63. The maximum absolute atomic E-state index is 12.0. The number of carbonyl (C=O) groups is 1. The molecular formula is C18H24BrN5O. The monoisotopic (exact) mass is 405 g/mol. The fourth-order valence-electron chi connectivity index (χ4n) is 2.47. The number of nitrogens with one attached hydrogen (secondary N) is 2. The van der Waals surface area contributed by atoms with Crippen molar-refractivity contribution in [1.29, 1.82) is 0 Å². The molecule has 7 heteroatoms. The van der Waals surface area contributed by atoms with E-state index in [0.29, 0.717) is 18.7 Å². The molecule has 0 saturated carbocycles. The molecule has 2 N–H and O–H groups in total. The van der Waals surface area contributed by atoms with Crippen LogP contribution in [0.1, 0.15) is 16.1 Å². The number of aryl methyl sites for hydroxylation is 1. The van der Waals surface area contributed by atoms with Gasteiger partial charge in [0.05, 0.1) is 6.54 Å². The van der Waals surface area contributed by atoms with Crippen molar-refractivity contribution in [2.24, 2.45) is 12.0 Å². The normalized spacial score (nSPS) is 11.3. The molecule has 2 aromatic rings. The molecule has 1 aromatic heterocycles. The third-order valence-corrected chi connectivity index (χ3v) is 4.21. The molecular weight excluding hydrogens is 382 g/mol. The zero-order chi connectivity index (χ0) is 18.2. The van der Waals surface area contributed by atoms with Gasteiger partial charge in [-0.1, -0.05) is 18.2 Å². The average Bonchev–Trinajstić information content (AvgIpc) is 2.92. The molecule has 0 fully saturated rings. The van der Waals surface area contributed by atoms with Crippen molar-refractivity contribution in [1.82, 2.24) is 20.1 Å². The van der Waals surface area contributed by atoms with E-state index in [1.54, 1.807) is 19.2 Å². The largest absolute Gasteiger partial charge is 0.354 e. The zero-order valence-corrected chi connectivity index (χ0v) is 16.4. The molecule has 1 amide bonds. The lowest BCUT2D eigenvalue weighted by Gasteiger charge is -2.22. The molecule has 134 valence electrons. The lowest BCUT2D eigenvalue weighted by molar-refractivity contribution is 0.0954. The molecule has 6 nitrogen and oxygen atoms in total. The Morgan fingerprint density at radius 1 is 1.24 bits per heavy atom. The Morgan fingerprint density at radius 2 is 1.92 bits per heavy atom. The summed E-state index contributed by atoms with van der Waals surface area (Å²) in [6.07, 6.45) is 2.03. The summed E-state index contributed by atoms with van der Waals surface area (Å²) in [6, 6.07) is 11.3. The predicted molar refractivity (Wildman–Crippen MR) is 105 cm³/mol. The Labute approximate surface area is 157 Å². The summed E-state index contributed by atoms with van der Waals surface area (Å²) in [6.45, 7) is 1.86. The fraction of sp³-hybridized carbons (Fsp3) is 0.333. The molecule has 25 heavy (non-hydrogen) atoms. The van der Waals surface area contributed by atoms with Crippen LogP contribution in [0.4, 0.5) is 0 Å². The van der Waals surface area contributed by atoms with Crippen molar-refractivity contribution in [3.05, 3.63) is 58.3 Å². The van der Waals surface area contributed by atoms with Crippen LogP contribution >= 0.6 is 15.9 Å². The molecule has 2 rings (SSSR count). The summed E-state index contributed by atoms with van der Waals surface area (Å²) >= 11 is 3.49. The van der Waals surface area contributed by atoms with Crippen LogP contribution in [-0.2, 0) is 13.6 Å². The number of aliphatic imine (C=N–C) groups is 1. The third-order valence-electron chi connectivity index (χ3n) is 3.78. The van der Waals surface area contributed by atoms with E-state index in [-0.39, 0.29) is 5.91 Å². The minimum Gasteiger partial charge on any atom is -0.354 e. The lowest BCUT2D eigenvalue weighted by Crippen LogP contribution is -2.42. The molecule has 0 bridgehead atoms. The number of hydrogen-bond acceptors (Lipinski definition) is 2. The summed E-state index contributed by atoms with van der Waals surface area (Å²) in [7, 11) is 5.75. The van der Waals surface area contributed by atoms with Gasteiger partial charge in [-0.25, -0.2) is 0 Å². The summed E-state index contributed by atoms with van der Waals surface area (Å²) in [4.78, 5) is 18.3. The van der Waals surface area contributed by atoms with Crippen molar-refractivity contribution in [2.45, 2.75) is 6.54 Å². The van der Waals surface area contributed by atoms with Crippen molar-refractivity contribution < 1.29 is 4.79 Å². The molecule has 0 radical (unpaired) electrons. The van der Waals surface area contributed by atoms with E-state index < -0.39 is 0 Å². The number of aromatic nitrogens is 1. The number of hydrogen-bond donors (Lipinski definition) is 2. The molecule has 1 aromatic carbocycles. The molecule has 0 aliphatic rings.